The molecule has 0 bridgehead atoms. The molecule has 1 aliphatic heterocycles. The maximum absolute atomic E-state index is 10.7. The molecule has 62 valence electrons. The second-order valence-electron chi connectivity index (χ2n) is 2.71. The molecule has 0 N–H and O–H groups in total. The summed E-state index contributed by atoms with van der Waals surface area (Å²) >= 11 is 5.21. The molecule has 0 amide bonds. The molecule has 0 saturated heterocycles. The molecule has 1 aromatic carbocycles. The van der Waals surface area contributed by atoms with Gasteiger partial charge < -0.3 is 4.79 Å². The molecule has 0 spiro atoms. The fourth-order valence-corrected chi connectivity index (χ4v) is 3.36. The molecular formula is C9H7BrOS. The summed E-state index contributed by atoms with van der Waals surface area (Å²) in [5, 5.41) is 0. The first-order chi connectivity index (χ1) is 5.83. The summed E-state index contributed by atoms with van der Waals surface area (Å²) in [6.45, 7) is 0. The number of thioether (sulfide) groups is 1. The number of hydrogen-bond donors (Lipinski definition) is 0. The molecule has 0 radical (unpaired) electrons. The third-order valence-electron chi connectivity index (χ3n) is 1.97. The summed E-state index contributed by atoms with van der Waals surface area (Å²) in [5.41, 5.74) is 1.16. The van der Waals surface area contributed by atoms with Crippen LogP contribution in [0.4, 0.5) is 0 Å². The number of hydrogen-bond acceptors (Lipinski definition) is 2. The zero-order valence-corrected chi connectivity index (χ0v) is 8.69. The Morgan fingerprint density at radius 3 is 3.17 bits per heavy atom. The Labute approximate surface area is 83.7 Å². The maximum Gasteiger partial charge on any atom is 0.128 e. The highest BCUT2D eigenvalue weighted by atomic mass is 79.9. The summed E-state index contributed by atoms with van der Waals surface area (Å²) in [7, 11) is 0. The van der Waals surface area contributed by atoms with Crippen molar-refractivity contribution in [1.29, 1.82) is 0 Å². The third-order valence-corrected chi connectivity index (χ3v) is 3.85. The number of aldehydes is 1. The number of benzene rings is 1. The number of halogens is 1. The molecular weight excluding hydrogens is 236 g/mol. The molecule has 1 heterocycles. The van der Waals surface area contributed by atoms with Gasteiger partial charge in [-0.05, 0) is 17.7 Å². The lowest BCUT2D eigenvalue weighted by atomic mass is 10.0. The first-order valence-corrected chi connectivity index (χ1v) is 5.47. The molecule has 2 rings (SSSR count). The van der Waals surface area contributed by atoms with Crippen LogP contribution in [0.5, 0.6) is 0 Å². The van der Waals surface area contributed by atoms with Crippen LogP contribution in [-0.4, -0.2) is 12.0 Å². The van der Waals surface area contributed by atoms with Gasteiger partial charge in [0.15, 0.2) is 0 Å². The molecule has 0 saturated carbocycles. The molecule has 3 heteroatoms. The van der Waals surface area contributed by atoms with Crippen LogP contribution in [0.1, 0.15) is 11.5 Å². The summed E-state index contributed by atoms with van der Waals surface area (Å²) in [4.78, 5) is 11.9. The fraction of sp³-hybridized carbons (Fsp3) is 0.222. The van der Waals surface area contributed by atoms with E-state index in [1.165, 1.54) is 4.90 Å². The largest absolute Gasteiger partial charge is 0.303 e. The molecule has 1 nitrogen and oxygen atoms in total. The lowest BCUT2D eigenvalue weighted by Crippen LogP contribution is -1.98. The predicted octanol–water partition coefficient (Wildman–Crippen LogP) is 2.84. The Morgan fingerprint density at radius 1 is 1.58 bits per heavy atom. The third kappa shape index (κ3) is 1.21. The smallest absolute Gasteiger partial charge is 0.128 e. The molecule has 1 aromatic rings. The van der Waals surface area contributed by atoms with E-state index in [0.717, 1.165) is 22.1 Å². The SMILES string of the molecule is O=CC1CSc2cccc(Br)c21. The first-order valence-electron chi connectivity index (χ1n) is 3.69. The predicted molar refractivity (Wildman–Crippen MR) is 53.7 cm³/mol. The van der Waals surface area contributed by atoms with Crippen LogP contribution in [0.2, 0.25) is 0 Å². The van der Waals surface area contributed by atoms with Crippen molar-refractivity contribution in [2.24, 2.45) is 0 Å². The average Bonchev–Trinajstić information content (AvgIpc) is 2.49. The minimum absolute atomic E-state index is 0.0839. The van der Waals surface area contributed by atoms with Gasteiger partial charge in [0.05, 0.1) is 5.92 Å². The van der Waals surface area contributed by atoms with E-state index in [9.17, 15) is 4.79 Å². The number of carbonyl (C=O) groups is 1. The van der Waals surface area contributed by atoms with Crippen molar-refractivity contribution in [3.8, 4) is 0 Å². The van der Waals surface area contributed by atoms with E-state index in [1.54, 1.807) is 11.8 Å². The molecule has 1 unspecified atom stereocenters. The molecule has 1 atom stereocenters. The van der Waals surface area contributed by atoms with Crippen molar-refractivity contribution in [2.45, 2.75) is 10.8 Å². The Hall–Kier alpha value is -0.280. The summed E-state index contributed by atoms with van der Waals surface area (Å²) in [6.07, 6.45) is 1.03. The van der Waals surface area contributed by atoms with Gasteiger partial charge in [0.1, 0.15) is 6.29 Å². The van der Waals surface area contributed by atoms with Crippen molar-refractivity contribution >= 4 is 34.0 Å². The highest BCUT2D eigenvalue weighted by Crippen LogP contribution is 2.42. The number of carbonyl (C=O) groups excluding carboxylic acids is 1. The van der Waals surface area contributed by atoms with Crippen LogP contribution < -0.4 is 0 Å². The van der Waals surface area contributed by atoms with E-state index in [0.29, 0.717) is 0 Å². The molecule has 0 fully saturated rings. The van der Waals surface area contributed by atoms with E-state index >= 15 is 0 Å². The standard InChI is InChI=1S/C9H7BrOS/c10-7-2-1-3-8-9(7)6(4-11)5-12-8/h1-4,6H,5H2. The van der Waals surface area contributed by atoms with Crippen molar-refractivity contribution in [3.05, 3.63) is 28.2 Å². The second-order valence-corrected chi connectivity index (χ2v) is 4.62. The van der Waals surface area contributed by atoms with Crippen molar-refractivity contribution in [2.75, 3.05) is 5.75 Å². The lowest BCUT2D eigenvalue weighted by molar-refractivity contribution is -0.108. The van der Waals surface area contributed by atoms with Gasteiger partial charge in [-0.2, -0.15) is 0 Å². The summed E-state index contributed by atoms with van der Waals surface area (Å²) < 4.78 is 1.06. The molecule has 0 aromatic heterocycles. The summed E-state index contributed by atoms with van der Waals surface area (Å²) in [6, 6.07) is 6.05. The van der Waals surface area contributed by atoms with Crippen molar-refractivity contribution in [3.63, 3.8) is 0 Å². The van der Waals surface area contributed by atoms with Gasteiger partial charge in [-0.15, -0.1) is 11.8 Å². The average molecular weight is 243 g/mol. The minimum Gasteiger partial charge on any atom is -0.303 e. The van der Waals surface area contributed by atoms with E-state index in [1.807, 2.05) is 12.1 Å². The van der Waals surface area contributed by atoms with E-state index < -0.39 is 0 Å². The normalized spacial score (nSPS) is 20.6. The van der Waals surface area contributed by atoms with Crippen LogP contribution in [-0.2, 0) is 4.79 Å². The Balaban J connectivity index is 2.55. The van der Waals surface area contributed by atoms with E-state index in [2.05, 4.69) is 22.0 Å². The van der Waals surface area contributed by atoms with Gasteiger partial charge in [-0.3, -0.25) is 0 Å². The van der Waals surface area contributed by atoms with E-state index in [-0.39, 0.29) is 5.92 Å². The Kier molecular flexibility index (Phi) is 2.24. The van der Waals surface area contributed by atoms with Crippen molar-refractivity contribution in [1.82, 2.24) is 0 Å². The van der Waals surface area contributed by atoms with Gasteiger partial charge in [0, 0.05) is 15.1 Å². The highest BCUT2D eigenvalue weighted by molar-refractivity contribution is 9.10. The van der Waals surface area contributed by atoms with E-state index in [4.69, 9.17) is 0 Å². The molecule has 1 aliphatic rings. The minimum atomic E-state index is 0.0839. The number of rotatable bonds is 1. The van der Waals surface area contributed by atoms with Crippen molar-refractivity contribution < 1.29 is 4.79 Å². The van der Waals surface area contributed by atoms with Gasteiger partial charge >= 0.3 is 0 Å². The maximum atomic E-state index is 10.7. The zero-order chi connectivity index (χ0) is 8.55. The number of fused-ring (bicyclic) bond motifs is 1. The van der Waals surface area contributed by atoms with Gasteiger partial charge in [0.25, 0.3) is 0 Å². The van der Waals surface area contributed by atoms with Gasteiger partial charge in [0.2, 0.25) is 0 Å². The molecule has 12 heavy (non-hydrogen) atoms. The monoisotopic (exact) mass is 242 g/mol. The molecule has 0 aliphatic carbocycles. The second kappa shape index (κ2) is 3.23. The van der Waals surface area contributed by atoms with Crippen LogP contribution >= 0.6 is 27.7 Å². The zero-order valence-electron chi connectivity index (χ0n) is 6.29. The lowest BCUT2D eigenvalue weighted by Gasteiger charge is -2.03. The van der Waals surface area contributed by atoms with Crippen LogP contribution in [0.15, 0.2) is 27.6 Å². The quantitative estimate of drug-likeness (QED) is 0.705. The van der Waals surface area contributed by atoms with Gasteiger partial charge in [-0.25, -0.2) is 0 Å². The van der Waals surface area contributed by atoms with Crippen LogP contribution in [0.3, 0.4) is 0 Å². The Bertz CT molecular complexity index is 324. The Morgan fingerprint density at radius 2 is 2.42 bits per heavy atom. The van der Waals surface area contributed by atoms with Crippen LogP contribution in [0.25, 0.3) is 0 Å². The highest BCUT2D eigenvalue weighted by Gasteiger charge is 2.24. The topological polar surface area (TPSA) is 17.1 Å². The first kappa shape index (κ1) is 8.32. The van der Waals surface area contributed by atoms with Crippen LogP contribution in [0, 0.1) is 0 Å². The summed E-state index contributed by atoms with van der Waals surface area (Å²) in [5.74, 6) is 0.974. The van der Waals surface area contributed by atoms with Gasteiger partial charge in [-0.1, -0.05) is 22.0 Å². The fourth-order valence-electron chi connectivity index (χ4n) is 1.37.